The smallest absolute Gasteiger partial charge is 0.339 e. The molecular formula is C22H18N2O4. The van der Waals surface area contributed by atoms with Crippen molar-refractivity contribution in [2.24, 2.45) is 0 Å². The van der Waals surface area contributed by atoms with Crippen molar-refractivity contribution in [3.63, 3.8) is 0 Å². The van der Waals surface area contributed by atoms with Gasteiger partial charge in [0.15, 0.2) is 0 Å². The standard InChI is InChI=1S/C22H18N2O4/c1-14-11-16(24-28-14)13-27-22(25)19-12-21(15-7-9-17(26-2)10-8-15)23-20-6-4-3-5-18(19)20/h3-12H,13H2,1-2H3. The maximum absolute atomic E-state index is 12.8. The average Bonchev–Trinajstić information content (AvgIpc) is 3.16. The van der Waals surface area contributed by atoms with Crippen molar-refractivity contribution in [3.8, 4) is 17.0 Å². The van der Waals surface area contributed by atoms with Crippen LogP contribution in [0.15, 0.2) is 65.2 Å². The molecule has 2 heterocycles. The fourth-order valence-corrected chi connectivity index (χ4v) is 2.96. The fraction of sp³-hybridized carbons (Fsp3) is 0.136. The second-order valence-electron chi connectivity index (χ2n) is 6.31. The van der Waals surface area contributed by atoms with Gasteiger partial charge < -0.3 is 14.0 Å². The number of fused-ring (bicyclic) bond motifs is 1. The quantitative estimate of drug-likeness (QED) is 0.477. The molecule has 6 nitrogen and oxygen atoms in total. The van der Waals surface area contributed by atoms with Crippen molar-refractivity contribution in [2.75, 3.05) is 7.11 Å². The van der Waals surface area contributed by atoms with Crippen LogP contribution < -0.4 is 4.74 Å². The summed E-state index contributed by atoms with van der Waals surface area (Å²) in [7, 11) is 1.62. The first-order valence-corrected chi connectivity index (χ1v) is 8.77. The Morgan fingerprint density at radius 2 is 1.86 bits per heavy atom. The van der Waals surface area contributed by atoms with Crippen LogP contribution in [-0.4, -0.2) is 23.2 Å². The van der Waals surface area contributed by atoms with Gasteiger partial charge in [0.1, 0.15) is 23.8 Å². The molecule has 0 saturated carbocycles. The molecular weight excluding hydrogens is 356 g/mol. The SMILES string of the molecule is COc1ccc(-c2cc(C(=O)OCc3cc(C)on3)c3ccccc3n2)cc1. The third-order valence-corrected chi connectivity index (χ3v) is 4.35. The van der Waals surface area contributed by atoms with Crippen LogP contribution in [0.2, 0.25) is 0 Å². The monoisotopic (exact) mass is 374 g/mol. The molecule has 0 N–H and O–H groups in total. The molecule has 0 atom stereocenters. The minimum atomic E-state index is -0.436. The second kappa shape index (κ2) is 7.52. The molecule has 140 valence electrons. The van der Waals surface area contributed by atoms with Gasteiger partial charge in [-0.1, -0.05) is 23.4 Å². The number of benzene rings is 2. The van der Waals surface area contributed by atoms with Gasteiger partial charge in [0, 0.05) is 17.0 Å². The van der Waals surface area contributed by atoms with Crippen molar-refractivity contribution in [2.45, 2.75) is 13.5 Å². The van der Waals surface area contributed by atoms with Crippen LogP contribution in [0.3, 0.4) is 0 Å². The molecule has 0 amide bonds. The molecule has 0 aliphatic rings. The Labute approximate surface area is 161 Å². The minimum absolute atomic E-state index is 0.0463. The van der Waals surface area contributed by atoms with Gasteiger partial charge in [0.2, 0.25) is 0 Å². The first-order valence-electron chi connectivity index (χ1n) is 8.77. The molecule has 0 bridgehead atoms. The van der Waals surface area contributed by atoms with E-state index in [2.05, 4.69) is 10.1 Å². The Bertz CT molecular complexity index is 1130. The van der Waals surface area contributed by atoms with Crippen LogP contribution in [0.1, 0.15) is 21.8 Å². The van der Waals surface area contributed by atoms with Gasteiger partial charge in [-0.3, -0.25) is 0 Å². The number of nitrogens with zero attached hydrogens (tertiary/aromatic N) is 2. The van der Waals surface area contributed by atoms with Gasteiger partial charge in [-0.2, -0.15) is 0 Å². The Hall–Kier alpha value is -3.67. The number of carbonyl (C=O) groups is 1. The largest absolute Gasteiger partial charge is 0.497 e. The highest BCUT2D eigenvalue weighted by Gasteiger charge is 2.16. The van der Waals surface area contributed by atoms with E-state index in [-0.39, 0.29) is 6.61 Å². The summed E-state index contributed by atoms with van der Waals surface area (Å²) in [4.78, 5) is 17.5. The number of ether oxygens (including phenoxy) is 2. The van der Waals surface area contributed by atoms with E-state index >= 15 is 0 Å². The molecule has 2 aromatic heterocycles. The predicted molar refractivity (Wildman–Crippen MR) is 104 cm³/mol. The molecule has 0 radical (unpaired) electrons. The number of esters is 1. The molecule has 0 aliphatic heterocycles. The molecule has 4 rings (SSSR count). The van der Waals surface area contributed by atoms with E-state index in [1.165, 1.54) is 0 Å². The highest BCUT2D eigenvalue weighted by atomic mass is 16.5. The van der Waals surface area contributed by atoms with E-state index in [9.17, 15) is 4.79 Å². The first kappa shape index (κ1) is 17.7. The number of hydrogen-bond acceptors (Lipinski definition) is 6. The molecule has 4 aromatic rings. The van der Waals surface area contributed by atoms with Crippen LogP contribution >= 0.6 is 0 Å². The molecule has 2 aromatic carbocycles. The second-order valence-corrected chi connectivity index (χ2v) is 6.31. The summed E-state index contributed by atoms with van der Waals surface area (Å²) in [6.45, 7) is 1.83. The molecule has 0 aliphatic carbocycles. The normalized spacial score (nSPS) is 10.8. The third-order valence-electron chi connectivity index (χ3n) is 4.35. The van der Waals surface area contributed by atoms with Crippen LogP contribution in [-0.2, 0) is 11.3 Å². The lowest BCUT2D eigenvalue weighted by molar-refractivity contribution is 0.0466. The van der Waals surface area contributed by atoms with E-state index < -0.39 is 5.97 Å². The average molecular weight is 374 g/mol. The molecule has 0 unspecified atom stereocenters. The number of carbonyl (C=O) groups excluding carboxylic acids is 1. The van der Waals surface area contributed by atoms with Gasteiger partial charge in [0.25, 0.3) is 0 Å². The zero-order valence-corrected chi connectivity index (χ0v) is 15.5. The zero-order chi connectivity index (χ0) is 19.5. The van der Waals surface area contributed by atoms with Crippen molar-refractivity contribution >= 4 is 16.9 Å². The number of para-hydroxylation sites is 1. The Morgan fingerprint density at radius 1 is 1.07 bits per heavy atom. The van der Waals surface area contributed by atoms with Crippen LogP contribution in [0.25, 0.3) is 22.2 Å². The highest BCUT2D eigenvalue weighted by molar-refractivity contribution is 6.04. The summed E-state index contributed by atoms with van der Waals surface area (Å²) in [5, 5.41) is 4.59. The molecule has 6 heteroatoms. The Balaban J connectivity index is 1.70. The Morgan fingerprint density at radius 3 is 2.57 bits per heavy atom. The topological polar surface area (TPSA) is 74.5 Å². The van der Waals surface area contributed by atoms with Gasteiger partial charge in [0.05, 0.1) is 23.9 Å². The summed E-state index contributed by atoms with van der Waals surface area (Å²) in [5.74, 6) is 0.989. The van der Waals surface area contributed by atoms with Gasteiger partial charge >= 0.3 is 5.97 Å². The highest BCUT2D eigenvalue weighted by Crippen LogP contribution is 2.27. The summed E-state index contributed by atoms with van der Waals surface area (Å²) in [6, 6.07) is 18.5. The van der Waals surface area contributed by atoms with Crippen molar-refractivity contribution in [1.29, 1.82) is 0 Å². The summed E-state index contributed by atoms with van der Waals surface area (Å²) in [6.07, 6.45) is 0. The molecule has 0 fully saturated rings. The minimum Gasteiger partial charge on any atom is -0.497 e. The van der Waals surface area contributed by atoms with Gasteiger partial charge in [-0.25, -0.2) is 9.78 Å². The first-order chi connectivity index (χ1) is 13.6. The summed E-state index contributed by atoms with van der Waals surface area (Å²) in [5.41, 5.74) is 3.31. The fourth-order valence-electron chi connectivity index (χ4n) is 2.96. The van der Waals surface area contributed by atoms with Crippen LogP contribution in [0, 0.1) is 6.92 Å². The number of hydrogen-bond donors (Lipinski definition) is 0. The number of aryl methyl sites for hydroxylation is 1. The lowest BCUT2D eigenvalue weighted by Crippen LogP contribution is -2.07. The van der Waals surface area contributed by atoms with E-state index in [1.807, 2.05) is 48.5 Å². The van der Waals surface area contributed by atoms with Crippen LogP contribution in [0.5, 0.6) is 5.75 Å². The number of aromatic nitrogens is 2. The van der Waals surface area contributed by atoms with E-state index in [1.54, 1.807) is 26.2 Å². The number of pyridine rings is 1. The van der Waals surface area contributed by atoms with E-state index in [0.717, 1.165) is 22.2 Å². The van der Waals surface area contributed by atoms with Crippen LogP contribution in [0.4, 0.5) is 0 Å². The Kier molecular flexibility index (Phi) is 4.76. The predicted octanol–water partition coefficient (Wildman–Crippen LogP) is 4.56. The van der Waals surface area contributed by atoms with Gasteiger partial charge in [-0.05, 0) is 43.3 Å². The number of methoxy groups -OCH3 is 1. The summed E-state index contributed by atoms with van der Waals surface area (Å²) < 4.78 is 15.7. The maximum Gasteiger partial charge on any atom is 0.339 e. The van der Waals surface area contributed by atoms with Gasteiger partial charge in [-0.15, -0.1) is 0 Å². The lowest BCUT2D eigenvalue weighted by Gasteiger charge is -2.10. The molecule has 0 saturated heterocycles. The number of rotatable bonds is 5. The van der Waals surface area contributed by atoms with Crippen molar-refractivity contribution in [1.82, 2.24) is 10.1 Å². The lowest BCUT2D eigenvalue weighted by atomic mass is 10.0. The third kappa shape index (κ3) is 3.57. The molecule has 28 heavy (non-hydrogen) atoms. The van der Waals surface area contributed by atoms with Crippen molar-refractivity contribution in [3.05, 3.63) is 77.7 Å². The van der Waals surface area contributed by atoms with E-state index in [0.29, 0.717) is 22.7 Å². The summed E-state index contributed by atoms with van der Waals surface area (Å²) >= 11 is 0. The maximum atomic E-state index is 12.8. The van der Waals surface area contributed by atoms with E-state index in [4.69, 9.17) is 14.0 Å². The van der Waals surface area contributed by atoms with Crippen molar-refractivity contribution < 1.29 is 18.8 Å². The molecule has 0 spiro atoms. The zero-order valence-electron chi connectivity index (χ0n) is 15.5.